The van der Waals surface area contributed by atoms with Gasteiger partial charge in [-0.15, -0.1) is 0 Å². The highest BCUT2D eigenvalue weighted by atomic mass is 79.9. The Labute approximate surface area is 125 Å². The molecule has 2 aromatic carbocycles. The van der Waals surface area contributed by atoms with Gasteiger partial charge in [0.25, 0.3) is 0 Å². The van der Waals surface area contributed by atoms with Gasteiger partial charge in [-0.3, -0.25) is 0 Å². The van der Waals surface area contributed by atoms with Crippen molar-refractivity contribution < 1.29 is 12.8 Å². The zero-order valence-corrected chi connectivity index (χ0v) is 12.9. The van der Waals surface area contributed by atoms with Crippen LogP contribution in [-0.4, -0.2) is 8.42 Å². The van der Waals surface area contributed by atoms with Gasteiger partial charge in [0.2, 0.25) is 0 Å². The summed E-state index contributed by atoms with van der Waals surface area (Å²) in [5, 5.41) is 0. The van der Waals surface area contributed by atoms with Crippen LogP contribution in [0, 0.1) is 5.82 Å². The van der Waals surface area contributed by atoms with E-state index in [-0.39, 0.29) is 22.8 Å². The Morgan fingerprint density at radius 1 is 1.15 bits per heavy atom. The van der Waals surface area contributed by atoms with Gasteiger partial charge >= 0.3 is 0 Å². The van der Waals surface area contributed by atoms with Crippen LogP contribution in [0.5, 0.6) is 0 Å². The molecule has 0 spiro atoms. The van der Waals surface area contributed by atoms with Crippen molar-refractivity contribution in [3.63, 3.8) is 0 Å². The molecule has 0 heterocycles. The van der Waals surface area contributed by atoms with Crippen molar-refractivity contribution >= 4 is 25.8 Å². The third kappa shape index (κ3) is 3.45. The quantitative estimate of drug-likeness (QED) is 0.914. The highest BCUT2D eigenvalue weighted by molar-refractivity contribution is 9.10. The van der Waals surface area contributed by atoms with E-state index in [4.69, 9.17) is 5.73 Å². The van der Waals surface area contributed by atoms with Crippen molar-refractivity contribution in [2.45, 2.75) is 17.2 Å². The molecule has 0 radical (unpaired) electrons. The fourth-order valence-corrected chi connectivity index (χ4v) is 3.74. The number of nitrogens with two attached hydrogens (primary N) is 1. The molecule has 2 aromatic rings. The molecule has 2 N–H and O–H groups in total. The van der Waals surface area contributed by atoms with Gasteiger partial charge in [-0.05, 0) is 29.8 Å². The lowest BCUT2D eigenvalue weighted by atomic mass is 10.1. The number of sulfone groups is 1. The van der Waals surface area contributed by atoms with E-state index in [0.29, 0.717) is 10.0 Å². The number of benzene rings is 2. The van der Waals surface area contributed by atoms with E-state index in [1.807, 2.05) is 0 Å². The van der Waals surface area contributed by atoms with E-state index >= 15 is 0 Å². The minimum atomic E-state index is -3.58. The standard InChI is InChI=1S/C14H13BrFNO2S/c15-12-2-1-3-13(7-12)20(18,19)9-11-5-4-10(8-17)6-14(11)16/h1-7H,8-9,17H2. The summed E-state index contributed by atoms with van der Waals surface area (Å²) in [7, 11) is -3.58. The maximum atomic E-state index is 13.8. The van der Waals surface area contributed by atoms with Crippen LogP contribution < -0.4 is 5.73 Å². The van der Waals surface area contributed by atoms with Crippen molar-refractivity contribution in [3.8, 4) is 0 Å². The van der Waals surface area contributed by atoms with Gasteiger partial charge in [0.15, 0.2) is 9.84 Å². The van der Waals surface area contributed by atoms with Crippen molar-refractivity contribution in [1.29, 1.82) is 0 Å². The van der Waals surface area contributed by atoms with Crippen molar-refractivity contribution in [1.82, 2.24) is 0 Å². The topological polar surface area (TPSA) is 60.2 Å². The zero-order chi connectivity index (χ0) is 14.8. The minimum absolute atomic E-state index is 0.141. The van der Waals surface area contributed by atoms with Crippen LogP contribution in [0.4, 0.5) is 4.39 Å². The summed E-state index contributed by atoms with van der Waals surface area (Å²) in [4.78, 5) is 0.161. The van der Waals surface area contributed by atoms with Gasteiger partial charge in [-0.1, -0.05) is 34.1 Å². The van der Waals surface area contributed by atoms with E-state index in [1.165, 1.54) is 24.3 Å². The smallest absolute Gasteiger partial charge is 0.182 e. The van der Waals surface area contributed by atoms with Gasteiger partial charge in [0, 0.05) is 16.6 Å². The molecule has 0 saturated carbocycles. The van der Waals surface area contributed by atoms with Gasteiger partial charge in [0.1, 0.15) is 5.82 Å². The Morgan fingerprint density at radius 2 is 1.90 bits per heavy atom. The van der Waals surface area contributed by atoms with Gasteiger partial charge < -0.3 is 5.73 Å². The molecule has 6 heteroatoms. The fourth-order valence-electron chi connectivity index (χ4n) is 1.78. The lowest BCUT2D eigenvalue weighted by Crippen LogP contribution is -2.07. The Hall–Kier alpha value is -1.24. The van der Waals surface area contributed by atoms with Crippen LogP contribution >= 0.6 is 15.9 Å². The molecular formula is C14H13BrFNO2S. The predicted molar refractivity (Wildman–Crippen MR) is 79.3 cm³/mol. The Morgan fingerprint density at radius 3 is 2.50 bits per heavy atom. The van der Waals surface area contributed by atoms with Crippen molar-refractivity contribution in [2.24, 2.45) is 5.73 Å². The highest BCUT2D eigenvalue weighted by Crippen LogP contribution is 2.22. The van der Waals surface area contributed by atoms with E-state index in [0.717, 1.165) is 0 Å². The number of hydrogen-bond acceptors (Lipinski definition) is 3. The minimum Gasteiger partial charge on any atom is -0.326 e. The molecule has 20 heavy (non-hydrogen) atoms. The molecule has 0 aliphatic carbocycles. The molecule has 0 fully saturated rings. The first-order chi connectivity index (χ1) is 9.42. The molecule has 3 nitrogen and oxygen atoms in total. The summed E-state index contributed by atoms with van der Waals surface area (Å²) in [6.07, 6.45) is 0. The SMILES string of the molecule is NCc1ccc(CS(=O)(=O)c2cccc(Br)c2)c(F)c1. The molecule has 0 aliphatic heterocycles. The summed E-state index contributed by atoms with van der Waals surface area (Å²) < 4.78 is 39.0. The normalized spacial score (nSPS) is 11.6. The summed E-state index contributed by atoms with van der Waals surface area (Å²) >= 11 is 3.22. The molecule has 2 rings (SSSR count). The lowest BCUT2D eigenvalue weighted by Gasteiger charge is -2.07. The second-order valence-electron chi connectivity index (χ2n) is 4.35. The zero-order valence-electron chi connectivity index (χ0n) is 10.5. The Balaban J connectivity index is 2.33. The highest BCUT2D eigenvalue weighted by Gasteiger charge is 2.18. The first kappa shape index (κ1) is 15.2. The number of halogens is 2. The van der Waals surface area contributed by atoms with Gasteiger partial charge in [-0.2, -0.15) is 0 Å². The third-order valence-corrected chi connectivity index (χ3v) is 5.01. The fraction of sp³-hybridized carbons (Fsp3) is 0.143. The second kappa shape index (κ2) is 6.03. The largest absolute Gasteiger partial charge is 0.326 e. The molecule has 0 atom stereocenters. The summed E-state index contributed by atoms with van der Waals surface area (Å²) in [5.74, 6) is -0.924. The monoisotopic (exact) mass is 357 g/mol. The molecule has 0 unspecified atom stereocenters. The van der Waals surface area contributed by atoms with E-state index < -0.39 is 15.7 Å². The third-order valence-electron chi connectivity index (χ3n) is 2.85. The molecule has 0 bridgehead atoms. The van der Waals surface area contributed by atoms with E-state index in [1.54, 1.807) is 18.2 Å². The number of rotatable bonds is 4. The molecule has 0 aromatic heterocycles. The van der Waals surface area contributed by atoms with Crippen molar-refractivity contribution in [2.75, 3.05) is 0 Å². The Bertz CT molecular complexity index is 732. The first-order valence-corrected chi connectivity index (χ1v) is 8.32. The van der Waals surface area contributed by atoms with Gasteiger partial charge in [0.05, 0.1) is 10.6 Å². The average Bonchev–Trinajstić information content (AvgIpc) is 2.41. The van der Waals surface area contributed by atoms with Crippen LogP contribution in [0.2, 0.25) is 0 Å². The summed E-state index contributed by atoms with van der Waals surface area (Å²) in [6.45, 7) is 0.218. The van der Waals surface area contributed by atoms with Crippen molar-refractivity contribution in [3.05, 3.63) is 63.9 Å². The molecule has 0 aliphatic rings. The second-order valence-corrected chi connectivity index (χ2v) is 7.25. The van der Waals surface area contributed by atoms with Crippen LogP contribution in [0.15, 0.2) is 51.8 Å². The lowest BCUT2D eigenvalue weighted by molar-refractivity contribution is 0.586. The van der Waals surface area contributed by atoms with E-state index in [9.17, 15) is 12.8 Å². The number of hydrogen-bond donors (Lipinski definition) is 1. The predicted octanol–water partition coefficient (Wildman–Crippen LogP) is 3.02. The van der Waals surface area contributed by atoms with Crippen LogP contribution in [0.25, 0.3) is 0 Å². The maximum absolute atomic E-state index is 13.8. The van der Waals surface area contributed by atoms with E-state index in [2.05, 4.69) is 15.9 Å². The van der Waals surface area contributed by atoms with Crippen LogP contribution in [-0.2, 0) is 22.1 Å². The Kier molecular flexibility index (Phi) is 4.57. The summed E-state index contributed by atoms with van der Waals surface area (Å²) in [6, 6.07) is 10.7. The van der Waals surface area contributed by atoms with Crippen LogP contribution in [0.1, 0.15) is 11.1 Å². The average molecular weight is 358 g/mol. The molecule has 0 amide bonds. The van der Waals surface area contributed by atoms with Crippen LogP contribution in [0.3, 0.4) is 0 Å². The molecule has 106 valence electrons. The maximum Gasteiger partial charge on any atom is 0.182 e. The molecule has 0 saturated heterocycles. The first-order valence-electron chi connectivity index (χ1n) is 5.88. The molecular weight excluding hydrogens is 345 g/mol. The summed E-state index contributed by atoms with van der Waals surface area (Å²) in [5.41, 5.74) is 6.19. The van der Waals surface area contributed by atoms with Gasteiger partial charge in [-0.25, -0.2) is 12.8 Å².